The molecule has 0 aromatic carbocycles. The minimum Gasteiger partial charge on any atom is -0.394 e. The molecule has 0 spiro atoms. The van der Waals surface area contributed by atoms with Gasteiger partial charge in [0, 0.05) is 42.8 Å². The Balaban J connectivity index is 1.91. The molecule has 20 heavy (non-hydrogen) atoms. The number of rotatable bonds is 6. The number of likely N-dealkylation sites (N-methyl/N-ethyl adjacent to an activating group) is 1. The summed E-state index contributed by atoms with van der Waals surface area (Å²) in [6.07, 6.45) is 3.55. The molecule has 2 fully saturated rings. The van der Waals surface area contributed by atoms with E-state index in [2.05, 4.69) is 49.9 Å². The number of hydrogen-bond acceptors (Lipinski definition) is 4. The largest absolute Gasteiger partial charge is 0.394 e. The number of aliphatic hydroxyl groups excluding tert-OH is 1. The molecule has 4 nitrogen and oxygen atoms in total. The first-order valence-corrected chi connectivity index (χ1v) is 8.10. The van der Waals surface area contributed by atoms with Crippen LogP contribution in [0.3, 0.4) is 0 Å². The zero-order valence-electron chi connectivity index (χ0n) is 13.9. The van der Waals surface area contributed by atoms with E-state index in [0.717, 1.165) is 26.1 Å². The summed E-state index contributed by atoms with van der Waals surface area (Å²) in [5.41, 5.74) is 0.111. The quantitative estimate of drug-likeness (QED) is 0.770. The fraction of sp³-hybridized carbons (Fsp3) is 1.00. The predicted octanol–water partition coefficient (Wildman–Crippen LogP) is 1.29. The number of nitrogens with one attached hydrogen (secondary N) is 1. The number of piperazine rings is 1. The fourth-order valence-electron chi connectivity index (χ4n) is 3.32. The molecule has 1 aliphatic heterocycles. The number of nitrogens with zero attached hydrogens (tertiary/aromatic N) is 2. The lowest BCUT2D eigenvalue weighted by atomic mass is 9.91. The molecular weight excluding hydrogens is 250 g/mol. The van der Waals surface area contributed by atoms with Gasteiger partial charge in [-0.1, -0.05) is 0 Å². The first-order valence-electron chi connectivity index (χ1n) is 8.10. The van der Waals surface area contributed by atoms with Crippen molar-refractivity contribution < 1.29 is 5.11 Å². The highest BCUT2D eigenvalue weighted by Gasteiger charge is 2.37. The van der Waals surface area contributed by atoms with Crippen molar-refractivity contribution in [2.24, 2.45) is 0 Å². The van der Waals surface area contributed by atoms with Gasteiger partial charge in [0.1, 0.15) is 0 Å². The van der Waals surface area contributed by atoms with Crippen molar-refractivity contribution in [1.82, 2.24) is 15.1 Å². The summed E-state index contributed by atoms with van der Waals surface area (Å²) in [6.45, 7) is 12.7. The fourth-order valence-corrected chi connectivity index (χ4v) is 3.32. The molecule has 1 heterocycles. The van der Waals surface area contributed by atoms with Crippen molar-refractivity contribution in [3.63, 3.8) is 0 Å². The van der Waals surface area contributed by atoms with E-state index in [1.165, 1.54) is 12.8 Å². The molecule has 2 N–H and O–H groups in total. The SMILES string of the molecule is CC(CC(C)(CO)NC1CC1)N1CCN(C)C(C)(C)C1. The Morgan fingerprint density at radius 2 is 2.00 bits per heavy atom. The first-order chi connectivity index (χ1) is 9.26. The molecule has 2 aliphatic rings. The van der Waals surface area contributed by atoms with Gasteiger partial charge in [-0.05, 0) is 54.0 Å². The van der Waals surface area contributed by atoms with Crippen LogP contribution in [0.5, 0.6) is 0 Å². The highest BCUT2D eigenvalue weighted by molar-refractivity contribution is 4.96. The van der Waals surface area contributed by atoms with Crippen LogP contribution >= 0.6 is 0 Å². The van der Waals surface area contributed by atoms with Crippen LogP contribution in [0.2, 0.25) is 0 Å². The van der Waals surface area contributed by atoms with Crippen molar-refractivity contribution in [3.05, 3.63) is 0 Å². The molecule has 0 radical (unpaired) electrons. The maximum absolute atomic E-state index is 9.76. The highest BCUT2D eigenvalue weighted by Crippen LogP contribution is 2.27. The van der Waals surface area contributed by atoms with Gasteiger partial charge >= 0.3 is 0 Å². The molecule has 0 aromatic rings. The van der Waals surface area contributed by atoms with E-state index in [9.17, 15) is 5.11 Å². The van der Waals surface area contributed by atoms with E-state index in [-0.39, 0.29) is 17.7 Å². The van der Waals surface area contributed by atoms with Crippen LogP contribution in [0.4, 0.5) is 0 Å². The third kappa shape index (κ3) is 3.94. The molecular formula is C16H33N3O. The van der Waals surface area contributed by atoms with E-state index in [4.69, 9.17) is 0 Å². The predicted molar refractivity (Wildman–Crippen MR) is 84.0 cm³/mol. The van der Waals surface area contributed by atoms with Crippen LogP contribution in [-0.2, 0) is 0 Å². The topological polar surface area (TPSA) is 38.7 Å². The van der Waals surface area contributed by atoms with Crippen molar-refractivity contribution in [2.45, 2.75) is 70.1 Å². The van der Waals surface area contributed by atoms with E-state index in [1.54, 1.807) is 0 Å². The second-order valence-electron chi connectivity index (χ2n) is 7.89. The van der Waals surface area contributed by atoms with Gasteiger partial charge in [0.05, 0.1) is 6.61 Å². The molecule has 1 aliphatic carbocycles. The van der Waals surface area contributed by atoms with Gasteiger partial charge in [-0.2, -0.15) is 0 Å². The third-order valence-electron chi connectivity index (χ3n) is 5.19. The van der Waals surface area contributed by atoms with Gasteiger partial charge in [0.2, 0.25) is 0 Å². The molecule has 118 valence electrons. The van der Waals surface area contributed by atoms with Crippen molar-refractivity contribution in [1.29, 1.82) is 0 Å². The molecule has 0 aromatic heterocycles. The standard InChI is InChI=1S/C16H33N3O/c1-13(10-16(4,12-20)17-14-6-7-14)19-9-8-18(5)15(2,3)11-19/h13-14,17,20H,6-12H2,1-5H3. The van der Waals surface area contributed by atoms with Gasteiger partial charge in [0.15, 0.2) is 0 Å². The van der Waals surface area contributed by atoms with Crippen LogP contribution in [-0.4, -0.2) is 71.4 Å². The van der Waals surface area contributed by atoms with Gasteiger partial charge in [-0.15, -0.1) is 0 Å². The van der Waals surface area contributed by atoms with Crippen molar-refractivity contribution >= 4 is 0 Å². The summed E-state index contributed by atoms with van der Waals surface area (Å²) in [5.74, 6) is 0. The summed E-state index contributed by atoms with van der Waals surface area (Å²) in [6, 6.07) is 1.15. The average molecular weight is 283 g/mol. The lowest BCUT2D eigenvalue weighted by molar-refractivity contribution is 0.00875. The Bertz CT molecular complexity index is 330. The number of aliphatic hydroxyl groups is 1. The summed E-state index contributed by atoms with van der Waals surface area (Å²) in [4.78, 5) is 5.03. The minimum absolute atomic E-state index is 0.131. The molecule has 1 saturated heterocycles. The molecule has 2 atom stereocenters. The van der Waals surface area contributed by atoms with Gasteiger partial charge in [-0.25, -0.2) is 0 Å². The maximum Gasteiger partial charge on any atom is 0.0611 e. The number of hydrogen-bond donors (Lipinski definition) is 2. The van der Waals surface area contributed by atoms with E-state index in [1.807, 2.05) is 0 Å². The molecule has 0 amide bonds. The highest BCUT2D eigenvalue weighted by atomic mass is 16.3. The Hall–Kier alpha value is -0.160. The molecule has 0 bridgehead atoms. The van der Waals surface area contributed by atoms with Crippen LogP contribution in [0.1, 0.15) is 47.0 Å². The van der Waals surface area contributed by atoms with Crippen LogP contribution in [0, 0.1) is 0 Å². The summed E-state index contributed by atoms with van der Waals surface area (Å²) in [5, 5.41) is 13.4. The minimum atomic E-state index is -0.131. The lowest BCUT2D eigenvalue weighted by Crippen LogP contribution is -2.61. The first kappa shape index (κ1) is 16.2. The third-order valence-corrected chi connectivity index (χ3v) is 5.19. The Labute approximate surface area is 124 Å². The normalized spacial score (nSPS) is 29.1. The van der Waals surface area contributed by atoms with E-state index < -0.39 is 0 Å². The maximum atomic E-state index is 9.76. The second kappa shape index (κ2) is 5.91. The lowest BCUT2D eigenvalue weighted by Gasteiger charge is -2.48. The molecule has 1 saturated carbocycles. The second-order valence-corrected chi connectivity index (χ2v) is 7.89. The Kier molecular flexibility index (Phi) is 4.80. The molecule has 2 rings (SSSR count). The summed E-state index contributed by atoms with van der Waals surface area (Å²) < 4.78 is 0. The zero-order valence-corrected chi connectivity index (χ0v) is 13.9. The average Bonchev–Trinajstić information content (AvgIpc) is 3.16. The van der Waals surface area contributed by atoms with E-state index in [0.29, 0.717) is 12.1 Å². The Morgan fingerprint density at radius 1 is 1.35 bits per heavy atom. The molecule has 4 heteroatoms. The zero-order chi connectivity index (χ0) is 15.0. The van der Waals surface area contributed by atoms with E-state index >= 15 is 0 Å². The van der Waals surface area contributed by atoms with Crippen LogP contribution in [0.15, 0.2) is 0 Å². The smallest absolute Gasteiger partial charge is 0.0611 e. The van der Waals surface area contributed by atoms with Gasteiger partial charge in [0.25, 0.3) is 0 Å². The van der Waals surface area contributed by atoms with Crippen molar-refractivity contribution in [3.8, 4) is 0 Å². The van der Waals surface area contributed by atoms with Gasteiger partial charge < -0.3 is 10.4 Å². The summed E-state index contributed by atoms with van der Waals surface area (Å²) >= 11 is 0. The van der Waals surface area contributed by atoms with Crippen LogP contribution < -0.4 is 5.32 Å². The monoisotopic (exact) mass is 283 g/mol. The Morgan fingerprint density at radius 3 is 2.50 bits per heavy atom. The summed E-state index contributed by atoms with van der Waals surface area (Å²) in [7, 11) is 2.22. The van der Waals surface area contributed by atoms with Crippen molar-refractivity contribution in [2.75, 3.05) is 33.3 Å². The van der Waals surface area contributed by atoms with Crippen LogP contribution in [0.25, 0.3) is 0 Å². The van der Waals surface area contributed by atoms with Gasteiger partial charge in [-0.3, -0.25) is 9.80 Å². The molecule has 2 unspecified atom stereocenters.